The number of nitrogens with one attached hydrogen (secondary N) is 1. The minimum atomic E-state index is -0.431. The highest BCUT2D eigenvalue weighted by Gasteiger charge is 2.35. The van der Waals surface area contributed by atoms with Gasteiger partial charge in [-0.05, 0) is 36.6 Å². The molecule has 0 spiro atoms. The number of rotatable bonds is 2. The third kappa shape index (κ3) is 2.37. The fourth-order valence-corrected chi connectivity index (χ4v) is 4.34. The molecule has 1 unspecified atom stereocenters. The van der Waals surface area contributed by atoms with Crippen LogP contribution in [0.2, 0.25) is 0 Å². The van der Waals surface area contributed by atoms with Gasteiger partial charge in [0.25, 0.3) is 0 Å². The number of hydrogen-bond acceptors (Lipinski definition) is 4. The quantitative estimate of drug-likeness (QED) is 0.713. The van der Waals surface area contributed by atoms with Crippen molar-refractivity contribution in [3.8, 4) is 0 Å². The highest BCUT2D eigenvalue weighted by Crippen LogP contribution is 2.40. The lowest BCUT2D eigenvalue weighted by Crippen LogP contribution is -2.14. The summed E-state index contributed by atoms with van der Waals surface area (Å²) in [6.07, 6.45) is 8.31. The molecule has 3 aromatic rings. The lowest BCUT2D eigenvalue weighted by atomic mass is 9.95. The van der Waals surface area contributed by atoms with Gasteiger partial charge in [0, 0.05) is 16.4 Å². The van der Waals surface area contributed by atoms with Crippen molar-refractivity contribution in [2.24, 2.45) is 0 Å². The summed E-state index contributed by atoms with van der Waals surface area (Å²) in [6, 6.07) is 6.25. The van der Waals surface area contributed by atoms with E-state index in [-0.39, 0.29) is 5.91 Å². The summed E-state index contributed by atoms with van der Waals surface area (Å²) in [4.78, 5) is 21.4. The van der Waals surface area contributed by atoms with E-state index in [4.69, 9.17) is 0 Å². The molecule has 1 aliphatic heterocycles. The minimum Gasteiger partial charge on any atom is -0.325 e. The molecule has 25 heavy (non-hydrogen) atoms. The predicted octanol–water partition coefficient (Wildman–Crippen LogP) is 3.79. The van der Waals surface area contributed by atoms with E-state index < -0.39 is 5.92 Å². The first-order valence-corrected chi connectivity index (χ1v) is 9.30. The normalized spacial score (nSPS) is 20.2. The fraction of sp³-hybridized carbons (Fsp3) is 0.333. The molecular formula is C18H16BrN5O. The Morgan fingerprint density at radius 2 is 2.04 bits per heavy atom. The van der Waals surface area contributed by atoms with Crippen molar-refractivity contribution in [1.29, 1.82) is 0 Å². The van der Waals surface area contributed by atoms with Gasteiger partial charge in [-0.3, -0.25) is 9.48 Å². The number of nitrogens with zero attached hydrogens (tertiary/aromatic N) is 4. The molecule has 1 amide bonds. The summed E-state index contributed by atoms with van der Waals surface area (Å²) in [5, 5.41) is 8.47. The molecule has 6 nitrogen and oxygen atoms in total. The predicted molar refractivity (Wildman–Crippen MR) is 97.4 cm³/mol. The second kappa shape index (κ2) is 5.62. The zero-order chi connectivity index (χ0) is 17.0. The molecule has 1 aromatic carbocycles. The summed E-state index contributed by atoms with van der Waals surface area (Å²) in [5.74, 6) is -0.485. The van der Waals surface area contributed by atoms with Gasteiger partial charge >= 0.3 is 0 Å². The molecule has 1 saturated carbocycles. The smallest absolute Gasteiger partial charge is 0.238 e. The molecule has 3 heterocycles. The molecule has 1 fully saturated rings. The van der Waals surface area contributed by atoms with Crippen LogP contribution in [0.25, 0.3) is 11.0 Å². The van der Waals surface area contributed by atoms with E-state index >= 15 is 0 Å². The minimum absolute atomic E-state index is 0.0540. The molecule has 1 N–H and O–H groups in total. The molecule has 2 aromatic heterocycles. The summed E-state index contributed by atoms with van der Waals surface area (Å²) in [6.45, 7) is 0. The number of halogens is 1. The van der Waals surface area contributed by atoms with Crippen LogP contribution >= 0.6 is 15.9 Å². The standard InChI is InChI=1S/C18H16BrN5O/c19-10-5-6-14-12(7-10)15(18(25)22-14)16-13-8-24(11-3-1-2-4-11)23-17(13)21-9-20-16/h5-9,11,15H,1-4H2,(H,22,25). The van der Waals surface area contributed by atoms with Crippen LogP contribution in [0.4, 0.5) is 5.69 Å². The Hall–Kier alpha value is -2.28. The highest BCUT2D eigenvalue weighted by atomic mass is 79.9. The molecule has 0 bridgehead atoms. The van der Waals surface area contributed by atoms with Gasteiger partial charge in [0.1, 0.15) is 12.2 Å². The first-order valence-electron chi connectivity index (χ1n) is 8.51. The number of anilines is 1. The summed E-state index contributed by atoms with van der Waals surface area (Å²) < 4.78 is 2.96. The van der Waals surface area contributed by atoms with Gasteiger partial charge in [-0.25, -0.2) is 9.97 Å². The molecule has 1 atom stereocenters. The molecule has 126 valence electrons. The molecule has 0 saturated heterocycles. The average molecular weight is 398 g/mol. The van der Waals surface area contributed by atoms with Crippen molar-refractivity contribution >= 4 is 38.6 Å². The molecule has 1 aliphatic carbocycles. The number of amides is 1. The van der Waals surface area contributed by atoms with Crippen molar-refractivity contribution in [3.05, 3.63) is 46.5 Å². The van der Waals surface area contributed by atoms with E-state index in [1.165, 1.54) is 19.2 Å². The zero-order valence-electron chi connectivity index (χ0n) is 13.4. The van der Waals surface area contributed by atoms with Crippen molar-refractivity contribution < 1.29 is 4.79 Å². The summed E-state index contributed by atoms with van der Waals surface area (Å²) >= 11 is 3.50. The monoisotopic (exact) mass is 397 g/mol. The Balaban J connectivity index is 1.66. The Morgan fingerprint density at radius 3 is 2.88 bits per heavy atom. The maximum Gasteiger partial charge on any atom is 0.238 e. The molecule has 2 aliphatic rings. The van der Waals surface area contributed by atoms with E-state index in [0.29, 0.717) is 11.7 Å². The average Bonchev–Trinajstić information content (AvgIpc) is 3.31. The molecular weight excluding hydrogens is 382 g/mol. The van der Waals surface area contributed by atoms with E-state index in [1.807, 2.05) is 29.1 Å². The first kappa shape index (κ1) is 15.0. The van der Waals surface area contributed by atoms with Gasteiger partial charge in [-0.15, -0.1) is 0 Å². The second-order valence-corrected chi connectivity index (χ2v) is 7.61. The van der Waals surface area contributed by atoms with Crippen molar-refractivity contribution in [1.82, 2.24) is 19.7 Å². The number of carbonyl (C=O) groups excluding carboxylic acids is 1. The third-order valence-corrected chi connectivity index (χ3v) is 5.68. The Morgan fingerprint density at radius 1 is 1.20 bits per heavy atom. The van der Waals surface area contributed by atoms with Crippen molar-refractivity contribution in [2.75, 3.05) is 5.32 Å². The van der Waals surface area contributed by atoms with Crippen LogP contribution in [-0.2, 0) is 4.79 Å². The van der Waals surface area contributed by atoms with Crippen LogP contribution in [0.3, 0.4) is 0 Å². The van der Waals surface area contributed by atoms with Gasteiger partial charge in [0.15, 0.2) is 5.65 Å². The first-order chi connectivity index (χ1) is 12.2. The number of hydrogen-bond donors (Lipinski definition) is 1. The maximum absolute atomic E-state index is 12.6. The highest BCUT2D eigenvalue weighted by molar-refractivity contribution is 9.10. The van der Waals surface area contributed by atoms with Crippen molar-refractivity contribution in [2.45, 2.75) is 37.6 Å². The third-order valence-electron chi connectivity index (χ3n) is 5.18. The topological polar surface area (TPSA) is 72.7 Å². The zero-order valence-corrected chi connectivity index (χ0v) is 15.0. The van der Waals surface area contributed by atoms with Gasteiger partial charge in [0.2, 0.25) is 5.91 Å². The van der Waals surface area contributed by atoms with E-state index in [1.54, 1.807) is 0 Å². The molecule has 0 radical (unpaired) electrons. The van der Waals surface area contributed by atoms with Crippen LogP contribution in [0.1, 0.15) is 48.9 Å². The van der Waals surface area contributed by atoms with Gasteiger partial charge in [0.05, 0.1) is 17.1 Å². The largest absolute Gasteiger partial charge is 0.325 e. The Labute approximate surface area is 152 Å². The number of aromatic nitrogens is 4. The van der Waals surface area contributed by atoms with Gasteiger partial charge in [-0.1, -0.05) is 28.8 Å². The SMILES string of the molecule is O=C1Nc2ccc(Br)cc2C1c1ncnc2nn(C3CCCC3)cc12. The number of carbonyl (C=O) groups is 1. The fourth-order valence-electron chi connectivity index (χ4n) is 3.96. The van der Waals surface area contributed by atoms with Gasteiger partial charge < -0.3 is 5.32 Å². The van der Waals surface area contributed by atoms with E-state index in [2.05, 4.69) is 36.3 Å². The van der Waals surface area contributed by atoms with Crippen LogP contribution in [-0.4, -0.2) is 25.7 Å². The van der Waals surface area contributed by atoms with E-state index in [0.717, 1.165) is 39.6 Å². The van der Waals surface area contributed by atoms with Crippen LogP contribution in [0, 0.1) is 0 Å². The van der Waals surface area contributed by atoms with Crippen molar-refractivity contribution in [3.63, 3.8) is 0 Å². The Bertz CT molecular complexity index is 992. The maximum atomic E-state index is 12.6. The number of benzene rings is 1. The second-order valence-electron chi connectivity index (χ2n) is 6.70. The van der Waals surface area contributed by atoms with Crippen LogP contribution in [0.5, 0.6) is 0 Å². The van der Waals surface area contributed by atoms with E-state index in [9.17, 15) is 4.79 Å². The van der Waals surface area contributed by atoms with Crippen LogP contribution in [0.15, 0.2) is 35.2 Å². The molecule has 7 heteroatoms. The Kier molecular flexibility index (Phi) is 3.38. The summed E-state index contributed by atoms with van der Waals surface area (Å²) in [5.41, 5.74) is 3.16. The number of fused-ring (bicyclic) bond motifs is 2. The lowest BCUT2D eigenvalue weighted by Gasteiger charge is -2.09. The summed E-state index contributed by atoms with van der Waals surface area (Å²) in [7, 11) is 0. The van der Waals surface area contributed by atoms with Gasteiger partial charge in [-0.2, -0.15) is 5.10 Å². The molecule has 5 rings (SSSR count). The lowest BCUT2D eigenvalue weighted by molar-refractivity contribution is -0.116. The van der Waals surface area contributed by atoms with Crippen LogP contribution < -0.4 is 5.32 Å².